The summed E-state index contributed by atoms with van der Waals surface area (Å²) in [6.07, 6.45) is 5.84. The van der Waals surface area contributed by atoms with Crippen molar-refractivity contribution in [3.8, 4) is 0 Å². The van der Waals surface area contributed by atoms with Crippen LogP contribution in [0.4, 0.5) is 0 Å². The number of rotatable bonds is 4. The van der Waals surface area contributed by atoms with Gasteiger partial charge in [-0.1, -0.05) is 19.8 Å². The van der Waals surface area contributed by atoms with Gasteiger partial charge in [0.05, 0.1) is 6.04 Å². The molecule has 1 aliphatic rings. The van der Waals surface area contributed by atoms with Gasteiger partial charge in [-0.15, -0.1) is 0 Å². The average Bonchev–Trinajstić information content (AvgIpc) is 2.69. The fourth-order valence-electron chi connectivity index (χ4n) is 2.09. The first-order valence-corrected chi connectivity index (χ1v) is 5.71. The smallest absolute Gasteiger partial charge is 0.237 e. The lowest BCUT2D eigenvalue weighted by molar-refractivity contribution is -0.123. The van der Waals surface area contributed by atoms with Crippen molar-refractivity contribution >= 4 is 5.91 Å². The Morgan fingerprint density at radius 3 is 2.57 bits per heavy atom. The van der Waals surface area contributed by atoms with Crippen molar-refractivity contribution in [1.82, 2.24) is 5.32 Å². The SMILES string of the molecule is CC[C@H](N)C(=O)N[C@H](C)C1CCCC1. The molecule has 0 saturated heterocycles. The molecule has 0 unspecified atom stereocenters. The number of carbonyl (C=O) groups is 1. The predicted octanol–water partition coefficient (Wildman–Crippen LogP) is 1.42. The summed E-state index contributed by atoms with van der Waals surface area (Å²) >= 11 is 0. The van der Waals surface area contributed by atoms with E-state index in [2.05, 4.69) is 12.2 Å². The molecule has 0 aromatic heterocycles. The predicted molar refractivity (Wildman–Crippen MR) is 57.8 cm³/mol. The minimum atomic E-state index is -0.334. The Kier molecular flexibility index (Phi) is 4.39. The highest BCUT2D eigenvalue weighted by Gasteiger charge is 2.23. The van der Waals surface area contributed by atoms with Crippen molar-refractivity contribution < 1.29 is 4.79 Å². The van der Waals surface area contributed by atoms with Gasteiger partial charge >= 0.3 is 0 Å². The average molecular weight is 198 g/mol. The standard InChI is InChI=1S/C11H22N2O/c1-3-10(12)11(14)13-8(2)9-6-4-5-7-9/h8-10H,3-7,12H2,1-2H3,(H,13,14)/t8-,10+/m1/s1. The molecule has 1 fully saturated rings. The van der Waals surface area contributed by atoms with Gasteiger partial charge in [-0.25, -0.2) is 0 Å². The number of hydrogen-bond acceptors (Lipinski definition) is 2. The first-order valence-electron chi connectivity index (χ1n) is 5.71. The van der Waals surface area contributed by atoms with E-state index in [4.69, 9.17) is 5.73 Å². The normalized spacial score (nSPS) is 21.9. The fraction of sp³-hybridized carbons (Fsp3) is 0.909. The van der Waals surface area contributed by atoms with E-state index in [0.717, 1.165) is 0 Å². The number of nitrogens with one attached hydrogen (secondary N) is 1. The summed E-state index contributed by atoms with van der Waals surface area (Å²) in [5.41, 5.74) is 5.65. The van der Waals surface area contributed by atoms with Gasteiger partial charge in [-0.3, -0.25) is 4.79 Å². The van der Waals surface area contributed by atoms with Gasteiger partial charge in [0.1, 0.15) is 0 Å². The molecule has 0 aromatic carbocycles. The van der Waals surface area contributed by atoms with Crippen LogP contribution in [0.5, 0.6) is 0 Å². The maximum Gasteiger partial charge on any atom is 0.237 e. The maximum absolute atomic E-state index is 11.5. The maximum atomic E-state index is 11.5. The molecule has 1 rings (SSSR count). The monoisotopic (exact) mass is 198 g/mol. The Hall–Kier alpha value is -0.570. The van der Waals surface area contributed by atoms with Crippen LogP contribution in [0, 0.1) is 5.92 Å². The van der Waals surface area contributed by atoms with E-state index >= 15 is 0 Å². The largest absolute Gasteiger partial charge is 0.352 e. The van der Waals surface area contributed by atoms with E-state index in [9.17, 15) is 4.79 Å². The minimum absolute atomic E-state index is 0.00639. The van der Waals surface area contributed by atoms with Gasteiger partial charge in [0.2, 0.25) is 5.91 Å². The molecular weight excluding hydrogens is 176 g/mol. The van der Waals surface area contributed by atoms with E-state index in [0.29, 0.717) is 18.4 Å². The van der Waals surface area contributed by atoms with Crippen LogP contribution in [0.3, 0.4) is 0 Å². The lowest BCUT2D eigenvalue weighted by Gasteiger charge is -2.22. The molecule has 0 heterocycles. The number of hydrogen-bond donors (Lipinski definition) is 2. The molecule has 0 spiro atoms. The number of carbonyl (C=O) groups excluding carboxylic acids is 1. The molecule has 0 aliphatic heterocycles. The van der Waals surface area contributed by atoms with Crippen molar-refractivity contribution in [1.29, 1.82) is 0 Å². The lowest BCUT2D eigenvalue weighted by atomic mass is 9.99. The summed E-state index contributed by atoms with van der Waals surface area (Å²) in [6, 6.07) is -0.0403. The topological polar surface area (TPSA) is 55.1 Å². The summed E-state index contributed by atoms with van der Waals surface area (Å²) in [4.78, 5) is 11.5. The summed E-state index contributed by atoms with van der Waals surface area (Å²) in [7, 11) is 0. The van der Waals surface area contributed by atoms with Crippen molar-refractivity contribution in [2.45, 2.75) is 58.0 Å². The zero-order valence-corrected chi connectivity index (χ0v) is 9.25. The van der Waals surface area contributed by atoms with Crippen molar-refractivity contribution in [3.63, 3.8) is 0 Å². The third-order valence-electron chi connectivity index (χ3n) is 3.25. The van der Waals surface area contributed by atoms with E-state index in [1.807, 2.05) is 6.92 Å². The minimum Gasteiger partial charge on any atom is -0.352 e. The molecule has 0 radical (unpaired) electrons. The van der Waals surface area contributed by atoms with Gasteiger partial charge in [0.15, 0.2) is 0 Å². The Labute approximate surface area is 86.4 Å². The van der Waals surface area contributed by atoms with Gasteiger partial charge in [0, 0.05) is 6.04 Å². The molecule has 1 aliphatic carbocycles. The van der Waals surface area contributed by atoms with E-state index in [1.54, 1.807) is 0 Å². The van der Waals surface area contributed by atoms with Crippen LogP contribution in [0.2, 0.25) is 0 Å². The highest BCUT2D eigenvalue weighted by atomic mass is 16.2. The van der Waals surface area contributed by atoms with Crippen LogP contribution in [-0.4, -0.2) is 18.0 Å². The fourth-order valence-corrected chi connectivity index (χ4v) is 2.09. The van der Waals surface area contributed by atoms with Crippen molar-refractivity contribution in [2.75, 3.05) is 0 Å². The molecule has 3 heteroatoms. The van der Waals surface area contributed by atoms with Crippen LogP contribution in [-0.2, 0) is 4.79 Å². The molecular formula is C11H22N2O. The summed E-state index contributed by atoms with van der Waals surface area (Å²) in [6.45, 7) is 4.03. The van der Waals surface area contributed by atoms with Gasteiger partial charge < -0.3 is 11.1 Å². The third kappa shape index (κ3) is 2.98. The van der Waals surface area contributed by atoms with Gasteiger partial charge in [-0.05, 0) is 32.1 Å². The summed E-state index contributed by atoms with van der Waals surface area (Å²) in [5, 5.41) is 3.01. The van der Waals surface area contributed by atoms with Crippen LogP contribution in [0.25, 0.3) is 0 Å². The lowest BCUT2D eigenvalue weighted by Crippen LogP contribution is -2.46. The van der Waals surface area contributed by atoms with E-state index in [-0.39, 0.29) is 11.9 Å². The second kappa shape index (κ2) is 5.35. The Morgan fingerprint density at radius 1 is 1.50 bits per heavy atom. The zero-order chi connectivity index (χ0) is 10.6. The molecule has 0 bridgehead atoms. The second-order valence-electron chi connectivity index (χ2n) is 4.36. The number of amides is 1. The molecule has 1 saturated carbocycles. The zero-order valence-electron chi connectivity index (χ0n) is 9.25. The quantitative estimate of drug-likeness (QED) is 0.717. The first-order chi connectivity index (χ1) is 6.65. The molecule has 2 atom stereocenters. The second-order valence-corrected chi connectivity index (χ2v) is 4.36. The summed E-state index contributed by atoms with van der Waals surface area (Å²) < 4.78 is 0. The van der Waals surface area contributed by atoms with E-state index < -0.39 is 0 Å². The molecule has 14 heavy (non-hydrogen) atoms. The molecule has 1 amide bonds. The Balaban J connectivity index is 2.31. The molecule has 0 aromatic rings. The highest BCUT2D eigenvalue weighted by Crippen LogP contribution is 2.27. The van der Waals surface area contributed by atoms with Crippen LogP contribution in [0.1, 0.15) is 46.0 Å². The molecule has 3 nitrogen and oxygen atoms in total. The summed E-state index contributed by atoms with van der Waals surface area (Å²) in [5.74, 6) is 0.676. The van der Waals surface area contributed by atoms with Gasteiger partial charge in [0.25, 0.3) is 0 Å². The molecule has 82 valence electrons. The van der Waals surface area contributed by atoms with Crippen molar-refractivity contribution in [3.05, 3.63) is 0 Å². The van der Waals surface area contributed by atoms with Gasteiger partial charge in [-0.2, -0.15) is 0 Å². The Bertz CT molecular complexity index is 188. The van der Waals surface area contributed by atoms with Crippen molar-refractivity contribution in [2.24, 2.45) is 11.7 Å². The van der Waals surface area contributed by atoms with Crippen LogP contribution in [0.15, 0.2) is 0 Å². The van der Waals surface area contributed by atoms with Crippen LogP contribution < -0.4 is 11.1 Å². The van der Waals surface area contributed by atoms with Crippen LogP contribution >= 0.6 is 0 Å². The Morgan fingerprint density at radius 2 is 2.07 bits per heavy atom. The molecule has 3 N–H and O–H groups in total. The number of nitrogens with two attached hydrogens (primary N) is 1. The third-order valence-corrected chi connectivity index (χ3v) is 3.25. The highest BCUT2D eigenvalue weighted by molar-refractivity contribution is 5.81. The van der Waals surface area contributed by atoms with E-state index in [1.165, 1.54) is 25.7 Å². The first kappa shape index (κ1) is 11.5.